The Hall–Kier alpha value is -5.34. The molecule has 0 radical (unpaired) electrons. The normalized spacial score (nSPS) is 21.7. The van der Waals surface area contributed by atoms with Gasteiger partial charge in [-0.2, -0.15) is 52.7 Å². The molecule has 85 heavy (non-hydrogen) atoms. The Morgan fingerprint density at radius 1 is 0.506 bits per heavy atom. The van der Waals surface area contributed by atoms with Crippen molar-refractivity contribution in [3.63, 3.8) is 0 Å². The minimum atomic E-state index is -4.72. The number of aliphatic hydroxyl groups excluding tert-OH is 1. The maximum Gasteiger partial charge on any atom is 0.416 e. The van der Waals surface area contributed by atoms with Crippen LogP contribution in [-0.4, -0.2) is 87.4 Å². The average Bonchev–Trinajstić information content (AvgIpc) is 3.35. The first-order valence-electron chi connectivity index (χ1n) is 29.7. The van der Waals surface area contributed by atoms with Gasteiger partial charge < -0.3 is 19.5 Å². The second kappa shape index (κ2) is 27.0. The third kappa shape index (κ3) is 15.9. The van der Waals surface area contributed by atoms with Crippen molar-refractivity contribution >= 4 is 17.6 Å². The van der Waals surface area contributed by atoms with Crippen LogP contribution in [0.3, 0.4) is 0 Å². The summed E-state index contributed by atoms with van der Waals surface area (Å²) in [5.74, 6) is 1.60. The fourth-order valence-corrected chi connectivity index (χ4v) is 14.4. The summed E-state index contributed by atoms with van der Waals surface area (Å²) in [5.41, 5.74) is 2.64. The highest BCUT2D eigenvalue weighted by Crippen LogP contribution is 2.50. The minimum absolute atomic E-state index is 0.109. The van der Waals surface area contributed by atoms with Gasteiger partial charge in [0.2, 0.25) is 0 Å². The Morgan fingerprint density at radius 2 is 0.929 bits per heavy atom. The van der Waals surface area contributed by atoms with Crippen LogP contribution in [-0.2, 0) is 76.1 Å². The molecular weight excluding hydrogens is 1130 g/mol. The second-order valence-corrected chi connectivity index (χ2v) is 24.4. The van der Waals surface area contributed by atoms with Gasteiger partial charge in [-0.15, -0.1) is 0 Å². The second-order valence-electron chi connectivity index (χ2n) is 24.4. The van der Waals surface area contributed by atoms with E-state index in [4.69, 9.17) is 14.6 Å². The smallest absolute Gasteiger partial charge is 0.416 e. The number of halogens is 12. The highest BCUT2D eigenvalue weighted by atomic mass is 19.4. The lowest BCUT2D eigenvalue weighted by Gasteiger charge is -2.44. The van der Waals surface area contributed by atoms with Gasteiger partial charge in [0.15, 0.2) is 0 Å². The first-order valence-corrected chi connectivity index (χ1v) is 29.7. The van der Waals surface area contributed by atoms with Crippen LogP contribution in [0.5, 0.6) is 0 Å². The van der Waals surface area contributed by atoms with Crippen molar-refractivity contribution in [2.75, 3.05) is 59.5 Å². The summed E-state index contributed by atoms with van der Waals surface area (Å²) in [6.07, 6.45) is -6.41. The summed E-state index contributed by atoms with van der Waals surface area (Å²) in [6, 6.07) is 16.9. The van der Waals surface area contributed by atoms with Gasteiger partial charge in [0.1, 0.15) is 0 Å². The van der Waals surface area contributed by atoms with E-state index in [0.29, 0.717) is 92.2 Å². The number of rotatable bonds is 14. The molecule has 0 amide bonds. The highest BCUT2D eigenvalue weighted by Gasteiger charge is 2.44. The summed E-state index contributed by atoms with van der Waals surface area (Å²) in [5, 5.41) is 7.00. The fraction of sp³-hybridized carbons (Fsp3) is 0.600. The molecule has 2 saturated heterocycles. The third-order valence-corrected chi connectivity index (χ3v) is 19.2. The number of esters is 2. The van der Waals surface area contributed by atoms with Gasteiger partial charge in [0.05, 0.1) is 48.3 Å². The number of piperidine rings is 2. The molecule has 4 aromatic carbocycles. The van der Waals surface area contributed by atoms with Gasteiger partial charge >= 0.3 is 36.6 Å². The first-order chi connectivity index (χ1) is 40.1. The Balaban J connectivity index is 0.000000215. The van der Waals surface area contributed by atoms with Gasteiger partial charge in [-0.05, 0) is 232 Å². The highest BCUT2D eigenvalue weighted by molar-refractivity contribution is 5.74. The zero-order chi connectivity index (χ0) is 61.9. The molecule has 6 aliphatic rings. The fourth-order valence-electron chi connectivity index (χ4n) is 14.4. The molecule has 4 fully saturated rings. The lowest BCUT2D eigenvalue weighted by Crippen LogP contribution is -2.46. The average molecular weight is 1210 g/mol. The summed E-state index contributed by atoms with van der Waals surface area (Å²) in [4.78, 5) is 30.8. The number of fused-ring (bicyclic) bond motifs is 2. The molecule has 0 spiro atoms. The van der Waals surface area contributed by atoms with Crippen molar-refractivity contribution in [3.8, 4) is 0 Å². The summed E-state index contributed by atoms with van der Waals surface area (Å²) < 4.78 is 171. The molecule has 3 heterocycles. The molecule has 3 aliphatic heterocycles. The number of ether oxygens (including phenoxy) is 2. The van der Waals surface area contributed by atoms with E-state index in [-0.39, 0.29) is 65.9 Å². The van der Waals surface area contributed by atoms with Crippen molar-refractivity contribution in [1.82, 2.24) is 9.80 Å². The minimum Gasteiger partial charge on any atom is -0.469 e. The number of carbonyl (C=O) groups is 2. The molecule has 468 valence electrons. The predicted octanol–water partition coefficient (Wildman–Crippen LogP) is 15.3. The number of aliphatic hydroxyl groups is 1. The molecule has 0 aromatic heterocycles. The summed E-state index contributed by atoms with van der Waals surface area (Å²) in [7, 11) is 5.95. The Kier molecular flexibility index (Phi) is 20.8. The topological polar surface area (TPSA) is 82.5 Å². The van der Waals surface area contributed by atoms with Crippen molar-refractivity contribution in [2.24, 2.45) is 41.4 Å². The van der Waals surface area contributed by atoms with Crippen LogP contribution in [0.15, 0.2) is 72.8 Å². The molecule has 3 aliphatic carbocycles. The van der Waals surface area contributed by atoms with Crippen LogP contribution >= 0.6 is 0 Å². The number of likely N-dealkylation sites (tertiary alicyclic amines) is 2. The SMILES string of the molecule is CO.COC(=O)[C@@H](C)[C@H](c1ccc2c(c1)CC(C1CCN(Cc3cc(C(F)(F)F)ccc3C(F)(F)F)CC1)CC2)C1CC1.COC(=O)[C@@H](C)[C@H](c1ccc2c(c1)N(C)C(C1CCN(Cc3cc(C(F)(F)F)ccc3C(F)(F)F)CC1)CC2)C1CC1. The Bertz CT molecular complexity index is 2920. The van der Waals surface area contributed by atoms with Crippen molar-refractivity contribution < 1.29 is 76.9 Å². The number of benzene rings is 4. The lowest BCUT2D eigenvalue weighted by molar-refractivity contribution is -0.146. The Labute approximate surface area is 490 Å². The zero-order valence-corrected chi connectivity index (χ0v) is 49.1. The third-order valence-electron chi connectivity index (χ3n) is 19.2. The van der Waals surface area contributed by atoms with Crippen LogP contribution < -0.4 is 4.90 Å². The van der Waals surface area contributed by atoms with Crippen LogP contribution in [0, 0.1) is 41.4 Å². The quantitative estimate of drug-likeness (QED) is 0.0988. The monoisotopic (exact) mass is 1210 g/mol. The van der Waals surface area contributed by atoms with Crippen LogP contribution in [0.4, 0.5) is 58.4 Å². The summed E-state index contributed by atoms with van der Waals surface area (Å²) in [6.45, 7) is 5.73. The number of aryl methyl sites for hydroxylation is 2. The largest absolute Gasteiger partial charge is 0.469 e. The Morgan fingerprint density at radius 3 is 1.35 bits per heavy atom. The number of hydrogen-bond acceptors (Lipinski definition) is 8. The maximum atomic E-state index is 13.6. The van der Waals surface area contributed by atoms with E-state index in [1.54, 1.807) is 0 Å². The van der Waals surface area contributed by atoms with Crippen LogP contribution in [0.25, 0.3) is 0 Å². The van der Waals surface area contributed by atoms with E-state index >= 15 is 0 Å². The van der Waals surface area contributed by atoms with Gasteiger partial charge in [0, 0.05) is 39.0 Å². The van der Waals surface area contributed by atoms with E-state index in [9.17, 15) is 62.3 Å². The molecule has 0 bridgehead atoms. The number of hydrogen-bond donors (Lipinski definition) is 1. The van der Waals surface area contributed by atoms with Gasteiger partial charge in [-0.1, -0.05) is 44.2 Å². The standard InChI is InChI=1S/C32H38F6N2O2.C32H37F6NO2.CH4O/c1-19(30(41)42-3)29(22-5-6-22)23-7-4-20-8-11-27(39(2)28(20)17-23)21-12-14-40(15-13-21)18-24-16-25(31(33,34)35)9-10-26(24)32(36,37)38;1-19(30(40)41-2)29(22-5-6-22)24-8-4-20-3-7-23(15-25(20)16-24)21-11-13-39(14-12-21)18-26-17-27(31(33,34)35)9-10-28(26)32(36,37)38;1-2/h4,7,9-10,16-17,19,21-22,27,29H,5-6,8,11-15,18H2,1-3H3;4,8-10,16-17,19,21-23,29H,3,5-7,11-15,18H2,1-2H3;2H,1H3/t19-,27?,29-;19-,23?,29-;/m00./s1. The lowest BCUT2D eigenvalue weighted by atomic mass is 9.72. The van der Waals surface area contributed by atoms with Crippen molar-refractivity contribution in [1.29, 1.82) is 0 Å². The van der Waals surface area contributed by atoms with Crippen LogP contribution in [0.1, 0.15) is 151 Å². The molecular formula is C65H79F12N3O5. The number of nitrogens with zero attached hydrogens (tertiary/aromatic N) is 3. The van der Waals surface area contributed by atoms with Gasteiger partial charge in [0.25, 0.3) is 0 Å². The van der Waals surface area contributed by atoms with E-state index < -0.39 is 47.0 Å². The van der Waals surface area contributed by atoms with Gasteiger partial charge in [-0.3, -0.25) is 19.4 Å². The molecule has 2 unspecified atom stereocenters. The van der Waals surface area contributed by atoms with E-state index in [0.717, 1.165) is 102 Å². The zero-order valence-electron chi connectivity index (χ0n) is 49.1. The number of methoxy groups -OCH3 is 2. The van der Waals surface area contributed by atoms with E-state index in [1.807, 2.05) is 23.6 Å². The first kappa shape index (κ1) is 65.6. The molecule has 4 aromatic rings. The molecule has 1 N–H and O–H groups in total. The van der Waals surface area contributed by atoms with E-state index in [2.05, 4.69) is 48.3 Å². The van der Waals surface area contributed by atoms with Crippen LogP contribution in [0.2, 0.25) is 0 Å². The summed E-state index contributed by atoms with van der Waals surface area (Å²) >= 11 is 0. The number of alkyl halides is 12. The van der Waals surface area contributed by atoms with Crippen molar-refractivity contribution in [2.45, 2.75) is 153 Å². The van der Waals surface area contributed by atoms with Gasteiger partial charge in [-0.25, -0.2) is 0 Å². The predicted molar refractivity (Wildman–Crippen MR) is 299 cm³/mol. The van der Waals surface area contributed by atoms with Crippen molar-refractivity contribution in [3.05, 3.63) is 134 Å². The molecule has 2 saturated carbocycles. The number of anilines is 1. The molecule has 6 atom stereocenters. The maximum absolute atomic E-state index is 13.6. The number of carbonyl (C=O) groups excluding carboxylic acids is 2. The molecule has 10 rings (SSSR count). The molecule has 8 nitrogen and oxygen atoms in total. The van der Waals surface area contributed by atoms with E-state index in [1.165, 1.54) is 36.5 Å². The molecule has 20 heteroatoms.